The van der Waals surface area contributed by atoms with Crippen molar-refractivity contribution in [1.29, 1.82) is 0 Å². The molecule has 0 nitrogen and oxygen atoms in total. The molecule has 14 heteroatoms. The summed E-state index contributed by atoms with van der Waals surface area (Å²) in [4.78, 5) is 0. The van der Waals surface area contributed by atoms with Crippen molar-refractivity contribution in [2.24, 2.45) is 0 Å². The third-order valence-electron chi connectivity index (χ3n) is 3.69. The number of hydrogen-bond acceptors (Lipinski definition) is 0. The van der Waals surface area contributed by atoms with Gasteiger partial charge >= 0.3 is 35.8 Å². The zero-order valence-corrected chi connectivity index (χ0v) is 14.3. The molecular weight excluding hydrogens is 463 g/mol. The minimum Gasteiger partial charge on any atom is -0.199 e. The van der Waals surface area contributed by atoms with Crippen molar-refractivity contribution in [3.63, 3.8) is 0 Å². The Morgan fingerprint density at radius 3 is 1.41 bits per heavy atom. The Morgan fingerprint density at radius 2 is 1.03 bits per heavy atom. The first-order chi connectivity index (χ1) is 12.6. The van der Waals surface area contributed by atoms with E-state index in [0.29, 0.717) is 0 Å². The summed E-state index contributed by atoms with van der Waals surface area (Å²) in [5.41, 5.74) is -1.42. The molecule has 0 aliphatic carbocycles. The smallest absolute Gasteiger partial charge is 0.199 e. The Balaban J connectivity index is 3.34. The molecule has 0 aliphatic heterocycles. The largest absolute Gasteiger partial charge is 0.460 e. The Morgan fingerprint density at radius 1 is 0.655 bits per heavy atom. The first kappa shape index (κ1) is 25.4. The number of benzene rings is 1. The molecule has 0 bridgehead atoms. The molecule has 0 atom stereocenters. The van der Waals surface area contributed by atoms with Gasteiger partial charge in [0.25, 0.3) is 0 Å². The van der Waals surface area contributed by atoms with Crippen LogP contribution in [0, 0.1) is 0 Å². The van der Waals surface area contributed by atoms with Crippen LogP contribution < -0.4 is 0 Å². The van der Waals surface area contributed by atoms with E-state index in [9.17, 15) is 57.1 Å². The van der Waals surface area contributed by atoms with Crippen LogP contribution in [0.15, 0.2) is 30.8 Å². The molecule has 0 aliphatic rings. The molecule has 29 heavy (non-hydrogen) atoms. The van der Waals surface area contributed by atoms with Crippen LogP contribution in [0.5, 0.6) is 0 Å². The average Bonchev–Trinajstić information content (AvgIpc) is 2.53. The fraction of sp³-hybridized carbons (Fsp3) is 0.467. The molecule has 0 amide bonds. The highest BCUT2D eigenvalue weighted by atomic mass is 35.5. The monoisotopic (exact) mass is 470 g/mol. The van der Waals surface area contributed by atoms with Gasteiger partial charge in [0.15, 0.2) is 0 Å². The molecule has 1 aromatic rings. The maximum Gasteiger partial charge on any atom is 0.460 e. The molecule has 1 rings (SSSR count). The molecule has 0 unspecified atom stereocenters. The minimum atomic E-state index is -7.91. The molecule has 1 aromatic carbocycles. The van der Waals surface area contributed by atoms with Gasteiger partial charge in [0.2, 0.25) is 0 Å². The molecule has 0 fully saturated rings. The van der Waals surface area contributed by atoms with Crippen molar-refractivity contribution in [2.45, 2.75) is 42.2 Å². The molecule has 0 radical (unpaired) electrons. The van der Waals surface area contributed by atoms with Crippen LogP contribution in [0.1, 0.15) is 12.0 Å². The Bertz CT molecular complexity index is 746. The van der Waals surface area contributed by atoms with Crippen molar-refractivity contribution in [3.05, 3.63) is 41.4 Å². The van der Waals surface area contributed by atoms with Gasteiger partial charge in [0.05, 0.1) is 0 Å². The van der Waals surface area contributed by atoms with Crippen LogP contribution in [0.2, 0.25) is 5.02 Å². The lowest BCUT2D eigenvalue weighted by atomic mass is 9.90. The van der Waals surface area contributed by atoms with Gasteiger partial charge in [0.1, 0.15) is 0 Å². The normalized spacial score (nSPS) is 14.8. The van der Waals surface area contributed by atoms with Crippen molar-refractivity contribution in [1.82, 2.24) is 0 Å². The summed E-state index contributed by atoms with van der Waals surface area (Å²) in [6, 6.07) is 3.88. The van der Waals surface area contributed by atoms with Gasteiger partial charge in [-0.3, -0.25) is 0 Å². The summed E-state index contributed by atoms with van der Waals surface area (Å²) in [6.45, 7) is 2.87. The highest BCUT2D eigenvalue weighted by molar-refractivity contribution is 6.30. The summed E-state index contributed by atoms with van der Waals surface area (Å²) in [5, 5.41) is 0.0270. The molecule has 0 spiro atoms. The van der Waals surface area contributed by atoms with E-state index in [2.05, 4.69) is 6.58 Å². The predicted molar refractivity (Wildman–Crippen MR) is 75.9 cm³/mol. The van der Waals surface area contributed by atoms with Crippen LogP contribution in [0.4, 0.5) is 57.1 Å². The van der Waals surface area contributed by atoms with Crippen LogP contribution in [0.25, 0.3) is 5.57 Å². The zero-order chi connectivity index (χ0) is 23.3. The SMILES string of the molecule is C=C(CC(F)(F)C(F)(F)C(F)(F)C(F)(F)C(F)(F)C(F)(F)F)c1ccc(Cl)cc1. The fourth-order valence-electron chi connectivity index (χ4n) is 1.97. The molecule has 0 saturated carbocycles. The average molecular weight is 471 g/mol. The minimum absolute atomic E-state index is 0.0270. The third-order valence-corrected chi connectivity index (χ3v) is 3.94. The van der Waals surface area contributed by atoms with E-state index in [4.69, 9.17) is 11.6 Å². The number of rotatable bonds is 7. The molecule has 0 N–H and O–H groups in total. The van der Waals surface area contributed by atoms with Gasteiger partial charge in [-0.05, 0) is 23.3 Å². The van der Waals surface area contributed by atoms with Gasteiger partial charge in [-0.2, -0.15) is 57.1 Å². The van der Waals surface area contributed by atoms with E-state index in [1.807, 2.05) is 0 Å². The van der Waals surface area contributed by atoms with E-state index in [-0.39, 0.29) is 10.6 Å². The predicted octanol–water partition coefficient (Wildman–Crippen LogP) is 7.48. The van der Waals surface area contributed by atoms with Gasteiger partial charge < -0.3 is 0 Å². The Hall–Kier alpha value is -1.66. The second-order valence-corrected chi connectivity index (χ2v) is 6.22. The van der Waals surface area contributed by atoms with Crippen molar-refractivity contribution < 1.29 is 57.1 Å². The lowest BCUT2D eigenvalue weighted by Crippen LogP contribution is -2.70. The number of alkyl halides is 13. The Labute approximate surface area is 158 Å². The molecule has 0 saturated heterocycles. The second-order valence-electron chi connectivity index (χ2n) is 5.79. The van der Waals surface area contributed by atoms with Crippen LogP contribution in [-0.2, 0) is 0 Å². The number of hydrogen-bond donors (Lipinski definition) is 0. The van der Waals surface area contributed by atoms with E-state index in [0.717, 1.165) is 24.3 Å². The van der Waals surface area contributed by atoms with Crippen LogP contribution in [-0.4, -0.2) is 35.8 Å². The summed E-state index contributed by atoms with van der Waals surface area (Å²) in [6.07, 6.45) is -9.90. The Kier molecular flexibility index (Phi) is 6.33. The highest BCUT2D eigenvalue weighted by Crippen LogP contribution is 2.61. The molecule has 0 heterocycles. The summed E-state index contributed by atoms with van der Waals surface area (Å²) in [5.74, 6) is -37.0. The highest BCUT2D eigenvalue weighted by Gasteiger charge is 2.90. The first-order valence-corrected chi connectivity index (χ1v) is 7.41. The molecule has 0 aromatic heterocycles. The van der Waals surface area contributed by atoms with Gasteiger partial charge in [-0.1, -0.05) is 30.3 Å². The standard InChI is InChI=1S/C15H8ClF13/c1-7(8-2-4-9(16)5-3-8)6-10(17,18)11(19,20)12(21,22)13(23,24)14(25,26)15(27,28)29/h2-5H,1,6H2. The first-order valence-electron chi connectivity index (χ1n) is 7.03. The van der Waals surface area contributed by atoms with Crippen LogP contribution >= 0.6 is 11.6 Å². The number of allylic oxidation sites excluding steroid dienone is 1. The van der Waals surface area contributed by atoms with Gasteiger partial charge in [-0.15, -0.1) is 0 Å². The maximum absolute atomic E-state index is 13.8. The third kappa shape index (κ3) is 4.02. The number of halogens is 14. The quantitative estimate of drug-likeness (QED) is 0.362. The van der Waals surface area contributed by atoms with Crippen molar-refractivity contribution in [3.8, 4) is 0 Å². The van der Waals surface area contributed by atoms with Gasteiger partial charge in [0, 0.05) is 11.4 Å². The van der Waals surface area contributed by atoms with E-state index >= 15 is 0 Å². The van der Waals surface area contributed by atoms with E-state index in [1.165, 1.54) is 0 Å². The lowest BCUT2D eigenvalue weighted by Gasteiger charge is -2.39. The summed E-state index contributed by atoms with van der Waals surface area (Å²) >= 11 is 5.47. The molecule has 166 valence electrons. The van der Waals surface area contributed by atoms with Crippen molar-refractivity contribution in [2.75, 3.05) is 0 Å². The van der Waals surface area contributed by atoms with Gasteiger partial charge in [-0.25, -0.2) is 0 Å². The van der Waals surface area contributed by atoms with Crippen molar-refractivity contribution >= 4 is 17.2 Å². The zero-order valence-electron chi connectivity index (χ0n) is 13.5. The summed E-state index contributed by atoms with van der Waals surface area (Å²) in [7, 11) is 0. The fourth-order valence-corrected chi connectivity index (χ4v) is 2.09. The second kappa shape index (κ2) is 7.24. The van der Waals surface area contributed by atoms with E-state index < -0.39 is 47.8 Å². The van der Waals surface area contributed by atoms with E-state index in [1.54, 1.807) is 0 Å². The summed E-state index contributed by atoms with van der Waals surface area (Å²) < 4.78 is 169. The topological polar surface area (TPSA) is 0 Å². The van der Waals surface area contributed by atoms with Crippen LogP contribution in [0.3, 0.4) is 0 Å². The lowest BCUT2D eigenvalue weighted by molar-refractivity contribution is -0.439. The molecular formula is C15H8ClF13. The maximum atomic E-state index is 13.8.